The van der Waals surface area contributed by atoms with E-state index in [-0.39, 0.29) is 0 Å². The van der Waals surface area contributed by atoms with Gasteiger partial charge in [-0.1, -0.05) is 6.92 Å². The van der Waals surface area contributed by atoms with Crippen LogP contribution in [-0.2, 0) is 0 Å². The Hall–Kier alpha value is 0.310. The zero-order valence-corrected chi connectivity index (χ0v) is 8.75. The molecule has 1 saturated carbocycles. The number of thioether (sulfide) groups is 1. The third-order valence-electron chi connectivity index (χ3n) is 3.40. The minimum atomic E-state index is 0.729. The van der Waals surface area contributed by atoms with E-state index < -0.39 is 0 Å². The molecule has 0 aromatic rings. The Labute approximate surface area is 79.7 Å². The van der Waals surface area contributed by atoms with Crippen molar-refractivity contribution in [3.05, 3.63) is 0 Å². The molecule has 1 nitrogen and oxygen atoms in total. The van der Waals surface area contributed by atoms with Crippen LogP contribution in [0.1, 0.15) is 32.6 Å². The molecule has 1 heterocycles. The topological polar surface area (TPSA) is 12.0 Å². The molecular weight excluding hydrogens is 166 g/mol. The molecule has 0 aromatic carbocycles. The van der Waals surface area contributed by atoms with Gasteiger partial charge in [-0.15, -0.1) is 0 Å². The Bertz CT molecular complexity index is 148. The molecule has 1 N–H and O–H groups in total. The summed E-state index contributed by atoms with van der Waals surface area (Å²) in [5.41, 5.74) is 0.729. The molecule has 1 aliphatic carbocycles. The lowest BCUT2D eigenvalue weighted by atomic mass is 10.0. The molecule has 1 aliphatic heterocycles. The van der Waals surface area contributed by atoms with E-state index in [4.69, 9.17) is 0 Å². The first-order chi connectivity index (χ1) is 5.85. The summed E-state index contributed by atoms with van der Waals surface area (Å²) in [6, 6.07) is 0.832. The van der Waals surface area contributed by atoms with Crippen LogP contribution < -0.4 is 5.32 Å². The van der Waals surface area contributed by atoms with E-state index in [9.17, 15) is 0 Å². The summed E-state index contributed by atoms with van der Waals surface area (Å²) < 4.78 is 0. The van der Waals surface area contributed by atoms with Crippen LogP contribution >= 0.6 is 11.8 Å². The normalized spacial score (nSPS) is 32.2. The van der Waals surface area contributed by atoms with Gasteiger partial charge in [0.25, 0.3) is 0 Å². The highest BCUT2D eigenvalue weighted by Crippen LogP contribution is 2.48. The molecule has 2 fully saturated rings. The van der Waals surface area contributed by atoms with Gasteiger partial charge in [0.2, 0.25) is 0 Å². The lowest BCUT2D eigenvalue weighted by Crippen LogP contribution is -2.33. The standard InChI is InChI=1S/C10H19NS/c1-2-10(4-5-10)8-11-9-3-6-12-7-9/h9,11H,2-8H2,1H3. The van der Waals surface area contributed by atoms with Crippen molar-refractivity contribution in [1.82, 2.24) is 5.32 Å². The van der Waals surface area contributed by atoms with Gasteiger partial charge >= 0.3 is 0 Å². The number of hydrogen-bond donors (Lipinski definition) is 1. The van der Waals surface area contributed by atoms with Crippen molar-refractivity contribution in [3.8, 4) is 0 Å². The molecule has 0 radical (unpaired) electrons. The molecule has 2 rings (SSSR count). The Morgan fingerprint density at radius 3 is 2.83 bits per heavy atom. The van der Waals surface area contributed by atoms with Gasteiger partial charge < -0.3 is 5.32 Å². The fourth-order valence-electron chi connectivity index (χ4n) is 1.89. The van der Waals surface area contributed by atoms with E-state index in [1.807, 2.05) is 0 Å². The SMILES string of the molecule is CCC1(CNC2CCSC2)CC1. The molecule has 2 aliphatic rings. The molecule has 70 valence electrons. The maximum absolute atomic E-state index is 3.71. The molecule has 0 bridgehead atoms. The van der Waals surface area contributed by atoms with Crippen LogP contribution in [0.2, 0.25) is 0 Å². The molecule has 12 heavy (non-hydrogen) atoms. The van der Waals surface area contributed by atoms with E-state index >= 15 is 0 Å². The van der Waals surface area contributed by atoms with Crippen molar-refractivity contribution in [1.29, 1.82) is 0 Å². The molecule has 0 aromatic heterocycles. The van der Waals surface area contributed by atoms with Gasteiger partial charge in [0.05, 0.1) is 0 Å². The van der Waals surface area contributed by atoms with Crippen LogP contribution in [-0.4, -0.2) is 24.1 Å². The van der Waals surface area contributed by atoms with Crippen molar-refractivity contribution in [2.75, 3.05) is 18.1 Å². The summed E-state index contributed by atoms with van der Waals surface area (Å²) in [6.07, 6.45) is 5.71. The summed E-state index contributed by atoms with van der Waals surface area (Å²) in [4.78, 5) is 0. The predicted octanol–water partition coefficient (Wildman–Crippen LogP) is 2.27. The lowest BCUT2D eigenvalue weighted by Gasteiger charge is -2.17. The first-order valence-corrected chi connectivity index (χ1v) is 6.31. The van der Waals surface area contributed by atoms with Crippen LogP contribution in [0.3, 0.4) is 0 Å². The van der Waals surface area contributed by atoms with E-state index in [2.05, 4.69) is 24.0 Å². The summed E-state index contributed by atoms with van der Waals surface area (Å²) >= 11 is 2.10. The maximum Gasteiger partial charge on any atom is 0.0166 e. The number of hydrogen-bond acceptors (Lipinski definition) is 2. The fraction of sp³-hybridized carbons (Fsp3) is 1.00. The Morgan fingerprint density at radius 2 is 2.33 bits per heavy atom. The van der Waals surface area contributed by atoms with E-state index in [1.165, 1.54) is 43.7 Å². The van der Waals surface area contributed by atoms with Crippen molar-refractivity contribution >= 4 is 11.8 Å². The van der Waals surface area contributed by atoms with Crippen molar-refractivity contribution < 1.29 is 0 Å². The van der Waals surface area contributed by atoms with Gasteiger partial charge in [0.15, 0.2) is 0 Å². The van der Waals surface area contributed by atoms with Gasteiger partial charge in [-0.3, -0.25) is 0 Å². The zero-order chi connectivity index (χ0) is 8.44. The third-order valence-corrected chi connectivity index (χ3v) is 4.56. The Kier molecular flexibility index (Phi) is 2.66. The molecule has 0 spiro atoms. The molecule has 1 saturated heterocycles. The second kappa shape index (κ2) is 3.59. The lowest BCUT2D eigenvalue weighted by molar-refractivity contribution is 0.413. The van der Waals surface area contributed by atoms with Crippen LogP contribution in [0.25, 0.3) is 0 Å². The molecule has 0 amide bonds. The zero-order valence-electron chi connectivity index (χ0n) is 7.94. The van der Waals surface area contributed by atoms with Gasteiger partial charge in [0, 0.05) is 18.3 Å². The van der Waals surface area contributed by atoms with Crippen LogP contribution in [0.15, 0.2) is 0 Å². The first-order valence-electron chi connectivity index (χ1n) is 5.16. The van der Waals surface area contributed by atoms with Crippen molar-refractivity contribution in [2.24, 2.45) is 5.41 Å². The van der Waals surface area contributed by atoms with Crippen LogP contribution in [0, 0.1) is 5.41 Å². The van der Waals surface area contributed by atoms with Gasteiger partial charge in [-0.25, -0.2) is 0 Å². The summed E-state index contributed by atoms with van der Waals surface area (Å²) in [5.74, 6) is 2.72. The highest BCUT2D eigenvalue weighted by Gasteiger charge is 2.40. The molecule has 1 atom stereocenters. The van der Waals surface area contributed by atoms with Crippen LogP contribution in [0.5, 0.6) is 0 Å². The van der Waals surface area contributed by atoms with E-state index in [0.29, 0.717) is 0 Å². The minimum absolute atomic E-state index is 0.729. The van der Waals surface area contributed by atoms with Crippen molar-refractivity contribution in [3.63, 3.8) is 0 Å². The Morgan fingerprint density at radius 1 is 1.50 bits per heavy atom. The monoisotopic (exact) mass is 185 g/mol. The molecular formula is C10H19NS. The fourth-order valence-corrected chi connectivity index (χ4v) is 3.08. The van der Waals surface area contributed by atoms with Gasteiger partial charge in [-0.05, 0) is 36.9 Å². The second-order valence-corrected chi connectivity index (χ2v) is 5.44. The highest BCUT2D eigenvalue weighted by atomic mass is 32.2. The highest BCUT2D eigenvalue weighted by molar-refractivity contribution is 7.99. The average molecular weight is 185 g/mol. The van der Waals surface area contributed by atoms with Gasteiger partial charge in [-0.2, -0.15) is 11.8 Å². The molecule has 1 unspecified atom stereocenters. The van der Waals surface area contributed by atoms with E-state index in [0.717, 1.165) is 11.5 Å². The summed E-state index contributed by atoms with van der Waals surface area (Å²) in [7, 11) is 0. The minimum Gasteiger partial charge on any atom is -0.313 e. The molecule has 2 heteroatoms. The maximum atomic E-state index is 3.71. The number of rotatable bonds is 4. The largest absolute Gasteiger partial charge is 0.313 e. The van der Waals surface area contributed by atoms with Crippen molar-refractivity contribution in [2.45, 2.75) is 38.6 Å². The first kappa shape index (κ1) is 8.89. The van der Waals surface area contributed by atoms with E-state index in [1.54, 1.807) is 0 Å². The Balaban J connectivity index is 1.67. The average Bonchev–Trinajstić information content (AvgIpc) is 2.70. The quantitative estimate of drug-likeness (QED) is 0.721. The predicted molar refractivity (Wildman–Crippen MR) is 55.7 cm³/mol. The third kappa shape index (κ3) is 1.97. The van der Waals surface area contributed by atoms with Gasteiger partial charge in [0.1, 0.15) is 0 Å². The summed E-state index contributed by atoms with van der Waals surface area (Å²) in [6.45, 7) is 3.62. The summed E-state index contributed by atoms with van der Waals surface area (Å²) in [5, 5.41) is 3.71. The second-order valence-electron chi connectivity index (χ2n) is 4.29. The smallest absolute Gasteiger partial charge is 0.0166 e. The van der Waals surface area contributed by atoms with Crippen LogP contribution in [0.4, 0.5) is 0 Å². The number of nitrogens with one attached hydrogen (secondary N) is 1.